The lowest BCUT2D eigenvalue weighted by molar-refractivity contribution is -0.907. The highest BCUT2D eigenvalue weighted by molar-refractivity contribution is 6.35. The number of ketones is 1. The largest absolute Gasteiger partial charge is 0.503 e. The van der Waals surface area contributed by atoms with Crippen molar-refractivity contribution in [1.82, 2.24) is 4.90 Å². The van der Waals surface area contributed by atoms with Gasteiger partial charge in [0.15, 0.2) is 11.5 Å². The average Bonchev–Trinajstić information content (AvgIpc) is 2.85. The van der Waals surface area contributed by atoms with E-state index in [1.807, 2.05) is 0 Å². The van der Waals surface area contributed by atoms with Crippen LogP contribution in [0.1, 0.15) is 18.5 Å². The van der Waals surface area contributed by atoms with Crippen LogP contribution in [0.5, 0.6) is 0 Å². The van der Waals surface area contributed by atoms with Crippen molar-refractivity contribution in [3.05, 3.63) is 45.1 Å². The quantitative estimate of drug-likeness (QED) is 0.779. The Balaban J connectivity index is 1.91. The van der Waals surface area contributed by atoms with Gasteiger partial charge in [-0.3, -0.25) is 9.59 Å². The fourth-order valence-electron chi connectivity index (χ4n) is 3.48. The van der Waals surface area contributed by atoms with Crippen molar-refractivity contribution in [2.45, 2.75) is 13.0 Å². The molecule has 1 aromatic carbocycles. The standard InChI is InChI=1S/C18H20Cl2N2O4/c1-11(23)15-16(13-3-2-12(19)10-14(13)20)22(18(25)17(15)24)5-4-21-6-8-26-9-7-21/h2-3,10,16,24H,4-9H2,1H3/p+1/t16-/m0/s1. The Morgan fingerprint density at radius 1 is 1.35 bits per heavy atom. The fraction of sp³-hybridized carbons (Fsp3) is 0.444. The summed E-state index contributed by atoms with van der Waals surface area (Å²) >= 11 is 12.3. The van der Waals surface area contributed by atoms with Crippen LogP contribution < -0.4 is 4.90 Å². The Hall–Kier alpha value is -1.60. The van der Waals surface area contributed by atoms with Crippen LogP contribution in [-0.2, 0) is 14.3 Å². The first-order valence-corrected chi connectivity index (χ1v) is 9.27. The van der Waals surface area contributed by atoms with Crippen molar-refractivity contribution in [3.8, 4) is 0 Å². The van der Waals surface area contributed by atoms with E-state index < -0.39 is 17.7 Å². The third-order valence-corrected chi connectivity index (χ3v) is 5.41. The van der Waals surface area contributed by atoms with Crippen LogP contribution in [0.4, 0.5) is 0 Å². The number of carbonyl (C=O) groups excluding carboxylic acids is 2. The van der Waals surface area contributed by atoms with Gasteiger partial charge in [0.25, 0.3) is 5.91 Å². The second-order valence-electron chi connectivity index (χ2n) is 6.50. The minimum absolute atomic E-state index is 0.0798. The highest BCUT2D eigenvalue weighted by Gasteiger charge is 2.43. The molecule has 0 radical (unpaired) electrons. The normalized spacial score (nSPS) is 21.6. The summed E-state index contributed by atoms with van der Waals surface area (Å²) in [4.78, 5) is 27.6. The minimum atomic E-state index is -0.704. The van der Waals surface area contributed by atoms with E-state index in [1.54, 1.807) is 18.2 Å². The summed E-state index contributed by atoms with van der Waals surface area (Å²) in [7, 11) is 0. The maximum Gasteiger partial charge on any atom is 0.290 e. The van der Waals surface area contributed by atoms with E-state index in [0.29, 0.717) is 41.9 Å². The molecule has 2 aliphatic heterocycles. The van der Waals surface area contributed by atoms with E-state index in [-0.39, 0.29) is 11.4 Å². The van der Waals surface area contributed by atoms with Gasteiger partial charge in [0, 0.05) is 10.0 Å². The maximum atomic E-state index is 12.6. The number of halogens is 2. The molecule has 6 nitrogen and oxygen atoms in total. The van der Waals surface area contributed by atoms with Crippen molar-refractivity contribution in [2.24, 2.45) is 0 Å². The molecule has 1 fully saturated rings. The van der Waals surface area contributed by atoms with Gasteiger partial charge in [-0.05, 0) is 24.6 Å². The lowest BCUT2D eigenvalue weighted by atomic mass is 9.96. The Labute approximate surface area is 161 Å². The zero-order chi connectivity index (χ0) is 18.8. The van der Waals surface area contributed by atoms with Crippen molar-refractivity contribution in [2.75, 3.05) is 39.4 Å². The lowest BCUT2D eigenvalue weighted by Crippen LogP contribution is -3.14. The van der Waals surface area contributed by atoms with Crippen LogP contribution in [0.15, 0.2) is 29.5 Å². The van der Waals surface area contributed by atoms with Crippen LogP contribution in [0.25, 0.3) is 0 Å². The molecular weight excluding hydrogens is 379 g/mol. The molecule has 0 spiro atoms. The molecule has 1 atom stereocenters. The predicted molar refractivity (Wildman–Crippen MR) is 97.6 cm³/mol. The van der Waals surface area contributed by atoms with Gasteiger partial charge in [-0.25, -0.2) is 0 Å². The van der Waals surface area contributed by atoms with Gasteiger partial charge in [0.1, 0.15) is 13.1 Å². The predicted octanol–water partition coefficient (Wildman–Crippen LogP) is 1.19. The molecule has 1 aromatic rings. The van der Waals surface area contributed by atoms with Crippen molar-refractivity contribution in [3.63, 3.8) is 0 Å². The van der Waals surface area contributed by atoms with Crippen LogP contribution in [-0.4, -0.2) is 61.1 Å². The molecule has 0 saturated carbocycles. The van der Waals surface area contributed by atoms with Crippen LogP contribution in [0, 0.1) is 0 Å². The smallest absolute Gasteiger partial charge is 0.290 e. The first kappa shape index (κ1) is 19.2. The number of nitrogens with one attached hydrogen (secondary N) is 1. The Morgan fingerprint density at radius 3 is 2.65 bits per heavy atom. The second-order valence-corrected chi connectivity index (χ2v) is 7.34. The van der Waals surface area contributed by atoms with Gasteiger partial charge >= 0.3 is 0 Å². The van der Waals surface area contributed by atoms with Gasteiger partial charge in [-0.2, -0.15) is 0 Å². The number of carbonyl (C=O) groups is 2. The zero-order valence-electron chi connectivity index (χ0n) is 14.4. The highest BCUT2D eigenvalue weighted by atomic mass is 35.5. The number of morpholine rings is 1. The Kier molecular flexibility index (Phi) is 5.87. The van der Waals surface area contributed by atoms with E-state index in [4.69, 9.17) is 27.9 Å². The number of benzene rings is 1. The molecule has 2 aliphatic rings. The van der Waals surface area contributed by atoms with E-state index >= 15 is 0 Å². The molecule has 3 rings (SSSR count). The number of hydrogen-bond acceptors (Lipinski definition) is 4. The number of hydrogen-bond donors (Lipinski definition) is 2. The number of rotatable bonds is 5. The molecule has 0 unspecified atom stereocenters. The SMILES string of the molecule is CC(=O)C1=C(O)C(=O)N(CC[NH+]2CCOCC2)[C@H]1c1ccc(Cl)cc1Cl. The zero-order valence-corrected chi connectivity index (χ0v) is 15.9. The Morgan fingerprint density at radius 2 is 2.04 bits per heavy atom. The van der Waals surface area contributed by atoms with Crippen molar-refractivity contribution < 1.29 is 24.3 Å². The maximum absolute atomic E-state index is 12.6. The van der Waals surface area contributed by atoms with E-state index in [2.05, 4.69) is 0 Å². The van der Waals surface area contributed by atoms with Crippen molar-refractivity contribution >= 4 is 34.9 Å². The summed E-state index contributed by atoms with van der Waals surface area (Å²) < 4.78 is 5.35. The molecule has 8 heteroatoms. The molecule has 0 aliphatic carbocycles. The third-order valence-electron chi connectivity index (χ3n) is 4.85. The summed E-state index contributed by atoms with van der Waals surface area (Å²) in [6, 6.07) is 4.22. The van der Waals surface area contributed by atoms with E-state index in [9.17, 15) is 14.7 Å². The van der Waals surface area contributed by atoms with Gasteiger partial charge in [-0.15, -0.1) is 0 Å². The Bertz CT molecular complexity index is 760. The lowest BCUT2D eigenvalue weighted by Gasteiger charge is -2.30. The number of ether oxygens (including phenoxy) is 1. The van der Waals surface area contributed by atoms with Gasteiger partial charge in [-0.1, -0.05) is 29.3 Å². The molecule has 0 aromatic heterocycles. The molecule has 140 valence electrons. The van der Waals surface area contributed by atoms with E-state index in [0.717, 1.165) is 13.1 Å². The molecule has 0 bridgehead atoms. The summed E-state index contributed by atoms with van der Waals surface area (Å²) in [5, 5.41) is 11.1. The number of aliphatic hydroxyl groups excluding tert-OH is 1. The number of nitrogens with zero attached hydrogens (tertiary/aromatic N) is 1. The molecule has 2 heterocycles. The molecule has 1 saturated heterocycles. The topological polar surface area (TPSA) is 71.3 Å². The third kappa shape index (κ3) is 3.74. The summed E-state index contributed by atoms with van der Waals surface area (Å²) in [6.45, 7) is 5.57. The average molecular weight is 400 g/mol. The summed E-state index contributed by atoms with van der Waals surface area (Å²) in [6.07, 6.45) is 0. The van der Waals surface area contributed by atoms with E-state index in [1.165, 1.54) is 16.7 Å². The second kappa shape index (κ2) is 7.96. The summed E-state index contributed by atoms with van der Waals surface area (Å²) in [5.41, 5.74) is 0.659. The minimum Gasteiger partial charge on any atom is -0.503 e. The molecule has 2 N–H and O–H groups in total. The van der Waals surface area contributed by atoms with Gasteiger partial charge in [0.2, 0.25) is 0 Å². The number of amides is 1. The number of quaternary nitrogens is 1. The highest BCUT2D eigenvalue weighted by Crippen LogP contribution is 2.40. The molecule has 1 amide bonds. The van der Waals surface area contributed by atoms with Crippen LogP contribution in [0.2, 0.25) is 10.0 Å². The molecular formula is C18H21Cl2N2O4+. The van der Waals surface area contributed by atoms with Crippen LogP contribution >= 0.6 is 23.2 Å². The first-order chi connectivity index (χ1) is 12.4. The van der Waals surface area contributed by atoms with Crippen molar-refractivity contribution in [1.29, 1.82) is 0 Å². The summed E-state index contributed by atoms with van der Waals surface area (Å²) in [5.74, 6) is -1.39. The number of aliphatic hydroxyl groups is 1. The van der Waals surface area contributed by atoms with Gasteiger partial charge < -0.3 is 19.6 Å². The molecule has 26 heavy (non-hydrogen) atoms. The van der Waals surface area contributed by atoms with Crippen LogP contribution in [0.3, 0.4) is 0 Å². The van der Waals surface area contributed by atoms with Gasteiger partial charge in [0.05, 0.1) is 37.9 Å². The first-order valence-electron chi connectivity index (χ1n) is 8.51. The fourth-order valence-corrected chi connectivity index (χ4v) is 3.99. The number of Topliss-reactive ketones (excluding diaryl/α,β-unsaturated/α-hetero) is 1. The monoisotopic (exact) mass is 399 g/mol.